The van der Waals surface area contributed by atoms with E-state index in [-0.39, 0.29) is 0 Å². The first kappa shape index (κ1) is 17.0. The third-order valence-corrected chi connectivity index (χ3v) is 4.24. The number of allylic oxidation sites excluding steroid dienone is 2. The van der Waals surface area contributed by atoms with Crippen molar-refractivity contribution in [3.8, 4) is 0 Å². The summed E-state index contributed by atoms with van der Waals surface area (Å²) in [5.74, 6) is 0.835. The van der Waals surface area contributed by atoms with Crippen LogP contribution in [0.4, 0.5) is 11.4 Å². The minimum absolute atomic E-state index is 0.349. The molecule has 25 heavy (non-hydrogen) atoms. The summed E-state index contributed by atoms with van der Waals surface area (Å²) in [6.07, 6.45) is 7.47. The van der Waals surface area contributed by atoms with Gasteiger partial charge in [-0.1, -0.05) is 23.7 Å². The van der Waals surface area contributed by atoms with Crippen LogP contribution in [0.1, 0.15) is 11.1 Å². The highest BCUT2D eigenvalue weighted by molar-refractivity contribution is 6.30. The number of isocyanates is 1. The molecule has 2 aromatic carbocycles. The van der Waals surface area contributed by atoms with Gasteiger partial charge in [0.1, 0.15) is 12.4 Å². The summed E-state index contributed by atoms with van der Waals surface area (Å²) in [5, 5.41) is 0.708. The predicted octanol–water partition coefficient (Wildman–Crippen LogP) is 5.05. The van der Waals surface area contributed by atoms with Crippen LogP contribution in [0.3, 0.4) is 0 Å². The van der Waals surface area contributed by atoms with E-state index in [0.29, 0.717) is 23.9 Å². The highest BCUT2D eigenvalue weighted by Crippen LogP contribution is 2.26. The molecule has 0 radical (unpaired) electrons. The normalized spacial score (nSPS) is 13.2. The van der Waals surface area contributed by atoms with Gasteiger partial charge in [0, 0.05) is 22.5 Å². The van der Waals surface area contributed by atoms with Crippen LogP contribution < -0.4 is 4.90 Å². The lowest BCUT2D eigenvalue weighted by Crippen LogP contribution is -2.22. The number of aryl methyl sites for hydroxylation is 1. The predicted molar refractivity (Wildman–Crippen MR) is 99.8 cm³/mol. The van der Waals surface area contributed by atoms with Crippen LogP contribution in [0.2, 0.25) is 5.02 Å². The minimum atomic E-state index is 0.349. The molecule has 1 aliphatic rings. The number of hydrogen-bond acceptors (Lipinski definition) is 4. The van der Waals surface area contributed by atoms with Crippen LogP contribution in [-0.4, -0.2) is 12.6 Å². The van der Waals surface area contributed by atoms with E-state index in [1.165, 1.54) is 0 Å². The van der Waals surface area contributed by atoms with Crippen LogP contribution in [0, 0.1) is 6.92 Å². The molecule has 3 rings (SSSR count). The molecule has 0 N–H and O–H groups in total. The van der Waals surface area contributed by atoms with E-state index in [1.54, 1.807) is 12.1 Å². The number of halogens is 1. The third kappa shape index (κ3) is 4.18. The Kier molecular flexibility index (Phi) is 5.34. The highest BCUT2D eigenvalue weighted by atomic mass is 35.5. The van der Waals surface area contributed by atoms with Crippen molar-refractivity contribution < 1.29 is 9.53 Å². The fraction of sp³-hybridized carbons (Fsp3) is 0.150. The number of carbonyl (C=O) groups excluding carboxylic acids is 1. The van der Waals surface area contributed by atoms with Crippen molar-refractivity contribution in [3.05, 3.63) is 82.7 Å². The van der Waals surface area contributed by atoms with Gasteiger partial charge in [-0.15, -0.1) is 0 Å². The lowest BCUT2D eigenvalue weighted by Gasteiger charge is -2.25. The van der Waals surface area contributed by atoms with Crippen molar-refractivity contribution in [2.75, 3.05) is 11.4 Å². The summed E-state index contributed by atoms with van der Waals surface area (Å²) in [5.41, 5.74) is 3.55. The quantitative estimate of drug-likeness (QED) is 0.558. The molecule has 0 fully saturated rings. The van der Waals surface area contributed by atoms with E-state index < -0.39 is 0 Å². The molecular weight excluding hydrogens is 336 g/mol. The van der Waals surface area contributed by atoms with Gasteiger partial charge in [-0.25, -0.2) is 4.79 Å². The highest BCUT2D eigenvalue weighted by Gasteiger charge is 2.12. The average Bonchev–Trinajstić information content (AvgIpc) is 2.62. The largest absolute Gasteiger partial charge is 0.491 e. The van der Waals surface area contributed by atoms with Crippen LogP contribution in [-0.2, 0) is 16.1 Å². The van der Waals surface area contributed by atoms with Gasteiger partial charge in [0.25, 0.3) is 0 Å². The van der Waals surface area contributed by atoms with Crippen molar-refractivity contribution >= 4 is 29.1 Å². The van der Waals surface area contributed by atoms with E-state index in [9.17, 15) is 4.79 Å². The Morgan fingerprint density at radius 1 is 1.24 bits per heavy atom. The molecule has 0 aliphatic carbocycles. The molecule has 4 nitrogen and oxygen atoms in total. The Balaban J connectivity index is 1.70. The summed E-state index contributed by atoms with van der Waals surface area (Å²) >= 11 is 5.94. The SMILES string of the molecule is Cc1cccc(N=C=O)c1COC1=CC=CN(c2ccc(Cl)cc2)C1. The Hall–Kier alpha value is -2.81. The molecule has 2 aromatic rings. The molecule has 0 saturated heterocycles. The first-order valence-corrected chi connectivity index (χ1v) is 8.24. The van der Waals surface area contributed by atoms with Crippen LogP contribution >= 0.6 is 11.6 Å². The standard InChI is InChI=1S/C20H17ClN2O2/c1-15-4-2-6-20(22-14-24)19(15)13-25-18-5-3-11-23(12-18)17-9-7-16(21)8-10-17/h2-11H,12-13H2,1H3. The Labute approximate surface area is 151 Å². The number of ether oxygens (including phenoxy) is 1. The fourth-order valence-electron chi connectivity index (χ4n) is 2.62. The third-order valence-electron chi connectivity index (χ3n) is 3.99. The molecule has 1 aliphatic heterocycles. The van der Waals surface area contributed by atoms with E-state index in [1.807, 2.05) is 61.7 Å². The number of nitrogens with zero attached hydrogens (tertiary/aromatic N) is 2. The van der Waals surface area contributed by atoms with Gasteiger partial charge in [-0.3, -0.25) is 0 Å². The van der Waals surface area contributed by atoms with Gasteiger partial charge in [-0.05, 0) is 55.0 Å². The molecule has 0 saturated carbocycles. The lowest BCUT2D eigenvalue weighted by molar-refractivity contribution is 0.195. The summed E-state index contributed by atoms with van der Waals surface area (Å²) in [6, 6.07) is 13.3. The molecule has 0 bridgehead atoms. The molecule has 0 unspecified atom stereocenters. The van der Waals surface area contributed by atoms with Gasteiger partial charge in [-0.2, -0.15) is 4.99 Å². The Morgan fingerprint density at radius 2 is 2.04 bits per heavy atom. The van der Waals surface area contributed by atoms with Crippen LogP contribution in [0.15, 0.2) is 71.6 Å². The maximum Gasteiger partial charge on any atom is 0.240 e. The zero-order valence-electron chi connectivity index (χ0n) is 13.8. The van der Waals surface area contributed by atoms with Gasteiger partial charge >= 0.3 is 0 Å². The summed E-state index contributed by atoms with van der Waals surface area (Å²) < 4.78 is 5.96. The first-order chi connectivity index (χ1) is 12.2. The molecule has 0 spiro atoms. The molecule has 0 atom stereocenters. The Morgan fingerprint density at radius 3 is 2.80 bits per heavy atom. The van der Waals surface area contributed by atoms with Crippen molar-refractivity contribution in [3.63, 3.8) is 0 Å². The summed E-state index contributed by atoms with van der Waals surface area (Å²) in [4.78, 5) is 16.4. The van der Waals surface area contributed by atoms with Crippen molar-refractivity contribution in [1.82, 2.24) is 0 Å². The van der Waals surface area contributed by atoms with Crippen molar-refractivity contribution in [2.45, 2.75) is 13.5 Å². The van der Waals surface area contributed by atoms with E-state index >= 15 is 0 Å². The maximum atomic E-state index is 10.6. The number of rotatable bonds is 5. The minimum Gasteiger partial charge on any atom is -0.491 e. The summed E-state index contributed by atoms with van der Waals surface area (Å²) in [6.45, 7) is 2.94. The smallest absolute Gasteiger partial charge is 0.240 e. The Bertz CT molecular complexity index is 866. The molecule has 0 amide bonds. The number of hydrogen-bond donors (Lipinski definition) is 0. The van der Waals surface area contributed by atoms with Gasteiger partial charge < -0.3 is 9.64 Å². The molecule has 1 heterocycles. The van der Waals surface area contributed by atoms with Gasteiger partial charge in [0.2, 0.25) is 6.08 Å². The van der Waals surface area contributed by atoms with E-state index in [0.717, 1.165) is 22.6 Å². The number of anilines is 1. The second-order valence-corrected chi connectivity index (χ2v) is 6.08. The number of benzene rings is 2. The van der Waals surface area contributed by atoms with Crippen LogP contribution in [0.5, 0.6) is 0 Å². The first-order valence-electron chi connectivity index (χ1n) is 7.86. The average molecular weight is 353 g/mol. The number of aliphatic imine (C=N–C) groups is 1. The second kappa shape index (κ2) is 7.84. The van der Waals surface area contributed by atoms with Crippen molar-refractivity contribution in [2.24, 2.45) is 4.99 Å². The molecular formula is C20H17ClN2O2. The van der Waals surface area contributed by atoms with Gasteiger partial charge in [0.05, 0.1) is 12.2 Å². The lowest BCUT2D eigenvalue weighted by atomic mass is 10.1. The molecule has 5 heteroatoms. The van der Waals surface area contributed by atoms with Gasteiger partial charge in [0.15, 0.2) is 0 Å². The molecule has 0 aromatic heterocycles. The topological polar surface area (TPSA) is 41.9 Å². The van der Waals surface area contributed by atoms with Crippen LogP contribution in [0.25, 0.3) is 0 Å². The monoisotopic (exact) mass is 352 g/mol. The molecule has 126 valence electrons. The van der Waals surface area contributed by atoms with Crippen molar-refractivity contribution in [1.29, 1.82) is 0 Å². The second-order valence-electron chi connectivity index (χ2n) is 5.64. The van der Waals surface area contributed by atoms with E-state index in [4.69, 9.17) is 16.3 Å². The van der Waals surface area contributed by atoms with E-state index in [2.05, 4.69) is 9.89 Å². The zero-order chi connectivity index (χ0) is 17.6. The maximum absolute atomic E-state index is 10.6. The summed E-state index contributed by atoms with van der Waals surface area (Å²) in [7, 11) is 0. The fourth-order valence-corrected chi connectivity index (χ4v) is 2.75. The zero-order valence-corrected chi connectivity index (χ0v) is 14.5.